The highest BCUT2D eigenvalue weighted by Crippen LogP contribution is 2.21. The zero-order valence-electron chi connectivity index (χ0n) is 16.8. The van der Waals surface area contributed by atoms with Crippen molar-refractivity contribution in [3.8, 4) is 5.75 Å². The van der Waals surface area contributed by atoms with E-state index in [1.807, 2.05) is 45.5 Å². The van der Waals surface area contributed by atoms with Gasteiger partial charge in [-0.1, -0.05) is 6.07 Å². The van der Waals surface area contributed by atoms with E-state index in [-0.39, 0.29) is 41.6 Å². The van der Waals surface area contributed by atoms with E-state index in [4.69, 9.17) is 4.74 Å². The second-order valence-electron chi connectivity index (χ2n) is 6.23. The van der Waals surface area contributed by atoms with Crippen molar-refractivity contribution >= 4 is 29.9 Å². The molecule has 8 heteroatoms. The Morgan fingerprint density at radius 3 is 2.59 bits per heavy atom. The monoisotopic (exact) mass is 489 g/mol. The lowest BCUT2D eigenvalue weighted by molar-refractivity contribution is 0.386. The van der Waals surface area contributed by atoms with Gasteiger partial charge < -0.3 is 15.4 Å². The third-order valence-corrected chi connectivity index (χ3v) is 4.43. The molecule has 0 amide bonds. The van der Waals surface area contributed by atoms with Crippen LogP contribution in [0.2, 0.25) is 0 Å². The Bertz CT molecular complexity index is 791. The number of aryl methyl sites for hydroxylation is 2. The number of guanidine groups is 1. The van der Waals surface area contributed by atoms with Gasteiger partial charge in [-0.3, -0.25) is 4.68 Å². The SMILES string of the molecule is CCNC(=NCc1c(C)nn(C)c1C)NC(C)c1ccc(OC)c(F)c1.I. The van der Waals surface area contributed by atoms with Gasteiger partial charge in [-0.05, 0) is 45.4 Å². The van der Waals surface area contributed by atoms with Gasteiger partial charge >= 0.3 is 0 Å². The van der Waals surface area contributed by atoms with Crippen LogP contribution in [0.5, 0.6) is 5.75 Å². The molecule has 1 aromatic heterocycles. The third-order valence-electron chi connectivity index (χ3n) is 4.43. The largest absolute Gasteiger partial charge is 0.494 e. The highest BCUT2D eigenvalue weighted by atomic mass is 127. The first-order chi connectivity index (χ1) is 12.4. The number of ether oxygens (including phenoxy) is 1. The van der Waals surface area contributed by atoms with Gasteiger partial charge in [-0.15, -0.1) is 24.0 Å². The Morgan fingerprint density at radius 1 is 1.37 bits per heavy atom. The van der Waals surface area contributed by atoms with Gasteiger partial charge in [-0.2, -0.15) is 5.10 Å². The fraction of sp³-hybridized carbons (Fsp3) is 0.474. The van der Waals surface area contributed by atoms with E-state index in [1.165, 1.54) is 13.2 Å². The summed E-state index contributed by atoms with van der Waals surface area (Å²) < 4.78 is 20.8. The zero-order valence-corrected chi connectivity index (χ0v) is 19.1. The first kappa shape index (κ1) is 23.2. The van der Waals surface area contributed by atoms with Gasteiger partial charge in [-0.25, -0.2) is 9.38 Å². The molecule has 1 aromatic carbocycles. The summed E-state index contributed by atoms with van der Waals surface area (Å²) in [5, 5.41) is 11.0. The van der Waals surface area contributed by atoms with E-state index in [0.29, 0.717) is 12.5 Å². The summed E-state index contributed by atoms with van der Waals surface area (Å²) in [6.07, 6.45) is 0. The fourth-order valence-electron chi connectivity index (χ4n) is 2.76. The highest BCUT2D eigenvalue weighted by Gasteiger charge is 2.13. The average Bonchev–Trinajstić information content (AvgIpc) is 2.85. The molecule has 2 N–H and O–H groups in total. The molecule has 6 nitrogen and oxygen atoms in total. The number of hydrogen-bond acceptors (Lipinski definition) is 3. The first-order valence-electron chi connectivity index (χ1n) is 8.74. The van der Waals surface area contributed by atoms with Gasteiger partial charge in [0.25, 0.3) is 0 Å². The second kappa shape index (κ2) is 10.5. The minimum atomic E-state index is -0.373. The van der Waals surface area contributed by atoms with Gasteiger partial charge in [0, 0.05) is 24.8 Å². The molecule has 0 spiro atoms. The van der Waals surface area contributed by atoms with E-state index < -0.39 is 0 Å². The first-order valence-corrected chi connectivity index (χ1v) is 8.74. The summed E-state index contributed by atoms with van der Waals surface area (Å²) in [5.41, 5.74) is 4.03. The summed E-state index contributed by atoms with van der Waals surface area (Å²) in [6, 6.07) is 4.85. The van der Waals surface area contributed by atoms with Gasteiger partial charge in [0.1, 0.15) is 0 Å². The highest BCUT2D eigenvalue weighted by molar-refractivity contribution is 14.0. The molecule has 0 aliphatic heterocycles. The van der Waals surface area contributed by atoms with E-state index in [2.05, 4.69) is 20.7 Å². The van der Waals surface area contributed by atoms with Crippen LogP contribution in [0.15, 0.2) is 23.2 Å². The molecular formula is C19H29FIN5O. The molecule has 1 heterocycles. The van der Waals surface area contributed by atoms with Crippen molar-refractivity contribution < 1.29 is 9.13 Å². The molecule has 0 aliphatic carbocycles. The Kier molecular flexibility index (Phi) is 9.01. The van der Waals surface area contributed by atoms with Crippen molar-refractivity contribution in [1.82, 2.24) is 20.4 Å². The molecule has 2 aromatic rings. The smallest absolute Gasteiger partial charge is 0.192 e. The van der Waals surface area contributed by atoms with Crippen molar-refractivity contribution in [2.75, 3.05) is 13.7 Å². The van der Waals surface area contributed by atoms with Crippen molar-refractivity contribution in [2.45, 2.75) is 40.3 Å². The number of nitrogens with zero attached hydrogens (tertiary/aromatic N) is 3. The Morgan fingerprint density at radius 2 is 2.07 bits per heavy atom. The third kappa shape index (κ3) is 5.82. The van der Waals surface area contributed by atoms with Crippen LogP contribution in [0.4, 0.5) is 4.39 Å². The summed E-state index contributed by atoms with van der Waals surface area (Å²) in [6.45, 7) is 9.27. The number of aromatic nitrogens is 2. The maximum Gasteiger partial charge on any atom is 0.192 e. The van der Waals surface area contributed by atoms with Crippen LogP contribution in [0.3, 0.4) is 0 Å². The molecular weight excluding hydrogens is 460 g/mol. The minimum Gasteiger partial charge on any atom is -0.494 e. The molecule has 150 valence electrons. The number of halogens is 2. The number of rotatable bonds is 6. The number of aliphatic imine (C=N–C) groups is 1. The molecule has 0 fully saturated rings. The standard InChI is InChI=1S/C19H28FN5O.HI/c1-7-21-19(22-11-16-13(3)24-25(5)14(16)4)23-12(2)15-8-9-18(26-6)17(20)10-15;/h8-10,12H,7,11H2,1-6H3,(H2,21,22,23);1H. The molecule has 0 saturated carbocycles. The van der Waals surface area contributed by atoms with Crippen molar-refractivity contribution in [1.29, 1.82) is 0 Å². The summed E-state index contributed by atoms with van der Waals surface area (Å²) in [4.78, 5) is 4.66. The predicted octanol–water partition coefficient (Wildman–Crippen LogP) is 3.62. The molecule has 0 radical (unpaired) electrons. The van der Waals surface area contributed by atoms with Crippen LogP contribution in [0, 0.1) is 19.7 Å². The number of benzene rings is 1. The maximum atomic E-state index is 13.9. The quantitative estimate of drug-likeness (QED) is 0.370. The molecule has 0 aliphatic rings. The van der Waals surface area contributed by atoms with Crippen LogP contribution in [-0.4, -0.2) is 29.4 Å². The maximum absolute atomic E-state index is 13.9. The molecule has 0 bridgehead atoms. The van der Waals surface area contributed by atoms with Crippen LogP contribution < -0.4 is 15.4 Å². The van der Waals surface area contributed by atoms with Gasteiger partial charge in [0.05, 0.1) is 25.4 Å². The van der Waals surface area contributed by atoms with Gasteiger partial charge in [0.2, 0.25) is 0 Å². The van der Waals surface area contributed by atoms with E-state index in [0.717, 1.165) is 29.1 Å². The number of methoxy groups -OCH3 is 1. The number of nitrogens with one attached hydrogen (secondary N) is 2. The van der Waals surface area contributed by atoms with E-state index in [1.54, 1.807) is 6.07 Å². The number of hydrogen-bond donors (Lipinski definition) is 2. The van der Waals surface area contributed by atoms with Gasteiger partial charge in [0.15, 0.2) is 17.5 Å². The normalized spacial score (nSPS) is 12.3. The summed E-state index contributed by atoms with van der Waals surface area (Å²) in [5.74, 6) is 0.546. The van der Waals surface area contributed by atoms with Crippen LogP contribution >= 0.6 is 24.0 Å². The average molecular weight is 489 g/mol. The van der Waals surface area contributed by atoms with E-state index >= 15 is 0 Å². The molecule has 0 saturated heterocycles. The van der Waals surface area contributed by atoms with Crippen molar-refractivity contribution in [3.05, 3.63) is 46.5 Å². The predicted molar refractivity (Wildman–Crippen MR) is 117 cm³/mol. The lowest BCUT2D eigenvalue weighted by Crippen LogP contribution is -2.38. The van der Waals surface area contributed by atoms with E-state index in [9.17, 15) is 4.39 Å². The second-order valence-corrected chi connectivity index (χ2v) is 6.23. The van der Waals surface area contributed by atoms with Crippen molar-refractivity contribution in [3.63, 3.8) is 0 Å². The lowest BCUT2D eigenvalue weighted by Gasteiger charge is -2.18. The van der Waals surface area contributed by atoms with Crippen LogP contribution in [-0.2, 0) is 13.6 Å². The Hall–Kier alpha value is -1.84. The fourth-order valence-corrected chi connectivity index (χ4v) is 2.76. The van der Waals surface area contributed by atoms with Crippen LogP contribution in [0.25, 0.3) is 0 Å². The Labute approximate surface area is 177 Å². The summed E-state index contributed by atoms with van der Waals surface area (Å²) >= 11 is 0. The molecule has 1 unspecified atom stereocenters. The van der Waals surface area contributed by atoms with Crippen LogP contribution in [0.1, 0.15) is 42.4 Å². The minimum absolute atomic E-state index is 0. The Balaban J connectivity index is 0.00000364. The summed E-state index contributed by atoms with van der Waals surface area (Å²) in [7, 11) is 3.39. The lowest BCUT2D eigenvalue weighted by atomic mass is 10.1. The molecule has 27 heavy (non-hydrogen) atoms. The van der Waals surface area contributed by atoms with Crippen molar-refractivity contribution in [2.24, 2.45) is 12.0 Å². The topological polar surface area (TPSA) is 63.5 Å². The molecule has 1 atom stereocenters. The zero-order chi connectivity index (χ0) is 19.3. The molecule has 2 rings (SSSR count).